The number of ether oxygens (including phenoxy) is 1. The molecule has 0 aliphatic rings. The molecule has 0 aliphatic heterocycles. The summed E-state index contributed by atoms with van der Waals surface area (Å²) in [4.78, 5) is 0. The molecule has 0 aliphatic carbocycles. The Hall–Kier alpha value is -0.770. The summed E-state index contributed by atoms with van der Waals surface area (Å²) < 4.78 is 5.21. The molecule has 3 nitrogen and oxygen atoms in total. The van der Waals surface area contributed by atoms with Crippen LogP contribution in [0.4, 0.5) is 5.69 Å². The van der Waals surface area contributed by atoms with E-state index < -0.39 is 5.54 Å². The molecule has 0 fully saturated rings. The van der Waals surface area contributed by atoms with Crippen molar-refractivity contribution in [3.8, 4) is 0 Å². The molecule has 0 spiro atoms. The summed E-state index contributed by atoms with van der Waals surface area (Å²) in [5.74, 6) is 0.228. The van der Waals surface area contributed by atoms with Gasteiger partial charge in [-0.2, -0.15) is 0 Å². The first-order chi connectivity index (χ1) is 8.04. The number of benzene rings is 1. The van der Waals surface area contributed by atoms with E-state index in [-0.39, 0.29) is 12.5 Å². The highest BCUT2D eigenvalue weighted by Crippen LogP contribution is 2.25. The molecule has 0 bridgehead atoms. The van der Waals surface area contributed by atoms with Gasteiger partial charge in [-0.25, -0.2) is 0 Å². The van der Waals surface area contributed by atoms with Crippen LogP contribution >= 0.6 is 11.6 Å². The lowest BCUT2D eigenvalue weighted by Crippen LogP contribution is -2.51. The summed E-state index contributed by atoms with van der Waals surface area (Å²) in [5, 5.41) is 13.6. The topological polar surface area (TPSA) is 41.5 Å². The second-order valence-corrected chi connectivity index (χ2v) is 4.97. The zero-order valence-electron chi connectivity index (χ0n) is 10.5. The lowest BCUT2D eigenvalue weighted by Gasteiger charge is -2.37. The van der Waals surface area contributed by atoms with E-state index in [0.717, 1.165) is 5.69 Å². The van der Waals surface area contributed by atoms with Crippen molar-refractivity contribution in [2.45, 2.75) is 19.4 Å². The van der Waals surface area contributed by atoms with Crippen molar-refractivity contribution in [3.63, 3.8) is 0 Å². The van der Waals surface area contributed by atoms with E-state index in [4.69, 9.17) is 16.3 Å². The maximum absolute atomic E-state index is 9.63. The molecule has 0 saturated carbocycles. The van der Waals surface area contributed by atoms with Crippen molar-refractivity contribution in [1.29, 1.82) is 0 Å². The van der Waals surface area contributed by atoms with Crippen LogP contribution in [0.3, 0.4) is 0 Å². The number of aliphatic hydroxyl groups excluding tert-OH is 1. The van der Waals surface area contributed by atoms with E-state index in [1.54, 1.807) is 7.11 Å². The van der Waals surface area contributed by atoms with Gasteiger partial charge >= 0.3 is 0 Å². The molecule has 0 aromatic heterocycles. The zero-order chi connectivity index (χ0) is 12.9. The highest BCUT2D eigenvalue weighted by Gasteiger charge is 2.33. The Labute approximate surface area is 108 Å². The Morgan fingerprint density at radius 2 is 2.18 bits per heavy atom. The molecule has 1 atom stereocenters. The van der Waals surface area contributed by atoms with Crippen molar-refractivity contribution in [2.24, 2.45) is 5.92 Å². The molecule has 0 amide bonds. The predicted molar refractivity (Wildman–Crippen MR) is 71.6 cm³/mol. The second-order valence-electron chi connectivity index (χ2n) is 4.54. The number of nitrogens with one attached hydrogen (secondary N) is 1. The molecule has 4 heteroatoms. The minimum absolute atomic E-state index is 0.00498. The van der Waals surface area contributed by atoms with Gasteiger partial charge in [0.1, 0.15) is 0 Å². The van der Waals surface area contributed by atoms with Gasteiger partial charge in [0.05, 0.1) is 18.8 Å². The lowest BCUT2D eigenvalue weighted by atomic mass is 9.87. The van der Waals surface area contributed by atoms with Gasteiger partial charge in [-0.15, -0.1) is 0 Å². The molecule has 0 heterocycles. The van der Waals surface area contributed by atoms with Gasteiger partial charge in [0, 0.05) is 17.8 Å². The van der Waals surface area contributed by atoms with Gasteiger partial charge in [-0.3, -0.25) is 0 Å². The predicted octanol–water partition coefficient (Wildman–Crippen LogP) is 2.79. The van der Waals surface area contributed by atoms with Crippen LogP contribution in [0.5, 0.6) is 0 Å². The van der Waals surface area contributed by atoms with Crippen molar-refractivity contribution in [3.05, 3.63) is 29.3 Å². The van der Waals surface area contributed by atoms with Crippen molar-refractivity contribution in [2.75, 3.05) is 25.6 Å². The fourth-order valence-corrected chi connectivity index (χ4v) is 1.92. The van der Waals surface area contributed by atoms with Crippen LogP contribution in [0.25, 0.3) is 0 Å². The van der Waals surface area contributed by atoms with Gasteiger partial charge in [0.2, 0.25) is 0 Å². The molecule has 96 valence electrons. The Bertz CT molecular complexity index is 357. The maximum Gasteiger partial charge on any atom is 0.0860 e. The van der Waals surface area contributed by atoms with Crippen LogP contribution in [-0.4, -0.2) is 31.0 Å². The number of hydrogen-bond donors (Lipinski definition) is 2. The van der Waals surface area contributed by atoms with E-state index >= 15 is 0 Å². The Balaban J connectivity index is 2.92. The third kappa shape index (κ3) is 3.60. The SMILES string of the molecule is COCC(CO)(Nc1cccc(Cl)c1)C(C)C. The van der Waals surface area contributed by atoms with Gasteiger partial charge in [0.15, 0.2) is 0 Å². The van der Waals surface area contributed by atoms with Crippen LogP contribution in [0.1, 0.15) is 13.8 Å². The monoisotopic (exact) mass is 257 g/mol. The van der Waals surface area contributed by atoms with E-state index in [1.165, 1.54) is 0 Å². The zero-order valence-corrected chi connectivity index (χ0v) is 11.3. The third-order valence-corrected chi connectivity index (χ3v) is 3.24. The van der Waals surface area contributed by atoms with Crippen LogP contribution in [0.2, 0.25) is 5.02 Å². The third-order valence-electron chi connectivity index (χ3n) is 3.01. The van der Waals surface area contributed by atoms with E-state index in [1.807, 2.05) is 38.1 Å². The first-order valence-corrected chi connectivity index (χ1v) is 6.05. The summed E-state index contributed by atoms with van der Waals surface area (Å²) >= 11 is 5.94. The lowest BCUT2D eigenvalue weighted by molar-refractivity contribution is 0.0724. The number of rotatable bonds is 6. The number of aliphatic hydroxyl groups is 1. The summed E-state index contributed by atoms with van der Waals surface area (Å²) in [6, 6.07) is 7.46. The summed E-state index contributed by atoms with van der Waals surface area (Å²) in [6.07, 6.45) is 0. The first kappa shape index (κ1) is 14.3. The van der Waals surface area contributed by atoms with Crippen molar-refractivity contribution in [1.82, 2.24) is 0 Å². The second kappa shape index (κ2) is 6.24. The number of halogens is 1. The minimum atomic E-state index is -0.487. The Morgan fingerprint density at radius 3 is 2.65 bits per heavy atom. The fraction of sp³-hybridized carbons (Fsp3) is 0.538. The molecule has 17 heavy (non-hydrogen) atoms. The van der Waals surface area contributed by atoms with E-state index in [0.29, 0.717) is 11.6 Å². The Morgan fingerprint density at radius 1 is 1.47 bits per heavy atom. The van der Waals surface area contributed by atoms with Crippen LogP contribution in [-0.2, 0) is 4.74 Å². The molecule has 1 aromatic rings. The van der Waals surface area contributed by atoms with E-state index in [9.17, 15) is 5.11 Å². The summed E-state index contributed by atoms with van der Waals surface area (Å²) in [5.41, 5.74) is 0.400. The molecule has 1 aromatic carbocycles. The summed E-state index contributed by atoms with van der Waals surface area (Å²) in [7, 11) is 1.63. The molecular formula is C13H20ClNO2. The minimum Gasteiger partial charge on any atom is -0.394 e. The summed E-state index contributed by atoms with van der Waals surface area (Å²) in [6.45, 7) is 4.54. The van der Waals surface area contributed by atoms with Gasteiger partial charge in [-0.1, -0.05) is 31.5 Å². The van der Waals surface area contributed by atoms with Crippen LogP contribution in [0.15, 0.2) is 24.3 Å². The molecule has 0 saturated heterocycles. The highest BCUT2D eigenvalue weighted by molar-refractivity contribution is 6.30. The number of hydrogen-bond acceptors (Lipinski definition) is 3. The fourth-order valence-electron chi connectivity index (χ4n) is 1.73. The smallest absolute Gasteiger partial charge is 0.0860 e. The first-order valence-electron chi connectivity index (χ1n) is 5.67. The number of anilines is 1. The average molecular weight is 258 g/mol. The standard InChI is InChI=1S/C13H20ClNO2/c1-10(2)13(8-16,9-17-3)15-12-6-4-5-11(14)7-12/h4-7,10,15-16H,8-9H2,1-3H3. The molecule has 1 rings (SSSR count). The van der Waals surface area contributed by atoms with Gasteiger partial charge < -0.3 is 15.2 Å². The normalized spacial score (nSPS) is 14.7. The molecule has 1 unspecified atom stereocenters. The van der Waals surface area contributed by atoms with Crippen LogP contribution < -0.4 is 5.32 Å². The molecular weight excluding hydrogens is 238 g/mol. The van der Waals surface area contributed by atoms with Crippen LogP contribution in [0, 0.1) is 5.92 Å². The molecule has 2 N–H and O–H groups in total. The van der Waals surface area contributed by atoms with Crippen molar-refractivity contribution < 1.29 is 9.84 Å². The van der Waals surface area contributed by atoms with Gasteiger partial charge in [-0.05, 0) is 24.1 Å². The average Bonchev–Trinajstić information content (AvgIpc) is 2.28. The van der Waals surface area contributed by atoms with Crippen molar-refractivity contribution >= 4 is 17.3 Å². The maximum atomic E-state index is 9.63. The highest BCUT2D eigenvalue weighted by atomic mass is 35.5. The molecule has 0 radical (unpaired) electrons. The van der Waals surface area contributed by atoms with Gasteiger partial charge in [0.25, 0.3) is 0 Å². The quantitative estimate of drug-likeness (QED) is 0.824. The largest absolute Gasteiger partial charge is 0.394 e. The number of methoxy groups -OCH3 is 1. The Kier molecular flexibility index (Phi) is 5.25. The van der Waals surface area contributed by atoms with E-state index in [2.05, 4.69) is 5.32 Å².